The number of rotatable bonds is 8. The van der Waals surface area contributed by atoms with E-state index in [2.05, 4.69) is 26.5 Å². The van der Waals surface area contributed by atoms with Crippen LogP contribution < -0.4 is 10.2 Å². The molecular formula is C20H21BrN4O5. The predicted molar refractivity (Wildman–Crippen MR) is 115 cm³/mol. The van der Waals surface area contributed by atoms with Gasteiger partial charge in [0, 0.05) is 35.3 Å². The lowest BCUT2D eigenvalue weighted by Crippen LogP contribution is -2.42. The minimum absolute atomic E-state index is 0.0108. The van der Waals surface area contributed by atoms with E-state index in [1.165, 1.54) is 18.3 Å². The Morgan fingerprint density at radius 3 is 2.87 bits per heavy atom. The number of nitrogens with zero attached hydrogens (tertiary/aromatic N) is 3. The van der Waals surface area contributed by atoms with Crippen molar-refractivity contribution in [3.63, 3.8) is 0 Å². The fourth-order valence-corrected chi connectivity index (χ4v) is 3.22. The lowest BCUT2D eigenvalue weighted by atomic mass is 10.2. The van der Waals surface area contributed by atoms with Crippen LogP contribution in [0.4, 0.5) is 5.69 Å². The molecule has 0 aliphatic carbocycles. The van der Waals surface area contributed by atoms with Gasteiger partial charge in [0.15, 0.2) is 0 Å². The van der Waals surface area contributed by atoms with E-state index in [0.717, 1.165) is 17.6 Å². The molecule has 0 bridgehead atoms. The first kappa shape index (κ1) is 21.9. The first-order valence-electron chi connectivity index (χ1n) is 9.29. The van der Waals surface area contributed by atoms with Gasteiger partial charge < -0.3 is 9.47 Å². The fourth-order valence-electron chi connectivity index (χ4n) is 2.84. The van der Waals surface area contributed by atoms with E-state index in [9.17, 15) is 14.9 Å². The smallest absolute Gasteiger partial charge is 0.269 e. The number of carbonyl (C=O) groups excluding carboxylic acids is 1. The van der Waals surface area contributed by atoms with Gasteiger partial charge in [-0.05, 0) is 23.8 Å². The number of ether oxygens (including phenoxy) is 2. The van der Waals surface area contributed by atoms with Gasteiger partial charge in [0.2, 0.25) is 0 Å². The molecule has 0 radical (unpaired) electrons. The van der Waals surface area contributed by atoms with E-state index < -0.39 is 4.92 Å². The Morgan fingerprint density at radius 2 is 2.10 bits per heavy atom. The molecule has 0 unspecified atom stereocenters. The molecule has 1 N–H and O–H groups in total. The summed E-state index contributed by atoms with van der Waals surface area (Å²) in [5, 5.41) is 14.9. The molecule has 9 nitrogen and oxygen atoms in total. The van der Waals surface area contributed by atoms with Crippen LogP contribution in [0.3, 0.4) is 0 Å². The Hall–Kier alpha value is -2.82. The van der Waals surface area contributed by atoms with E-state index in [0.29, 0.717) is 30.1 Å². The van der Waals surface area contributed by atoms with Gasteiger partial charge in [-0.25, -0.2) is 5.43 Å². The van der Waals surface area contributed by atoms with Crippen molar-refractivity contribution in [3.8, 4) is 5.75 Å². The summed E-state index contributed by atoms with van der Waals surface area (Å²) in [6.45, 7) is 3.11. The standard InChI is InChI=1S/C20H21BrN4O5/c21-17-4-5-19(30-14-15-2-1-3-18(10-15)25(27)28)16(11-17)12-22-23-20(26)13-24-6-8-29-9-7-24/h1-5,10-12H,6-9,13-14H2,(H,23,26). The van der Waals surface area contributed by atoms with Crippen LogP contribution in [-0.4, -0.2) is 54.8 Å². The number of nitro groups is 1. The molecule has 0 saturated carbocycles. The molecule has 0 aromatic heterocycles. The molecule has 0 spiro atoms. The van der Waals surface area contributed by atoms with Gasteiger partial charge >= 0.3 is 0 Å². The van der Waals surface area contributed by atoms with E-state index in [1.807, 2.05) is 11.0 Å². The van der Waals surface area contributed by atoms with Gasteiger partial charge in [0.1, 0.15) is 12.4 Å². The minimum atomic E-state index is -0.444. The molecule has 3 rings (SSSR count). The van der Waals surface area contributed by atoms with Crippen LogP contribution in [0.5, 0.6) is 5.75 Å². The Labute approximate surface area is 181 Å². The largest absolute Gasteiger partial charge is 0.488 e. The van der Waals surface area contributed by atoms with Gasteiger partial charge in [-0.3, -0.25) is 19.8 Å². The Balaban J connectivity index is 1.60. The van der Waals surface area contributed by atoms with Crippen LogP contribution in [-0.2, 0) is 16.1 Å². The van der Waals surface area contributed by atoms with Crippen LogP contribution in [0.1, 0.15) is 11.1 Å². The minimum Gasteiger partial charge on any atom is -0.488 e. The zero-order chi connectivity index (χ0) is 21.3. The molecule has 0 atom stereocenters. The highest BCUT2D eigenvalue weighted by atomic mass is 79.9. The quantitative estimate of drug-likeness (QED) is 0.356. The number of halogens is 1. The van der Waals surface area contributed by atoms with Crippen LogP contribution in [0.25, 0.3) is 0 Å². The van der Waals surface area contributed by atoms with Gasteiger partial charge in [-0.15, -0.1) is 0 Å². The summed E-state index contributed by atoms with van der Waals surface area (Å²) in [6, 6.07) is 11.7. The number of hydrogen-bond donors (Lipinski definition) is 1. The molecule has 1 amide bonds. The molecule has 158 valence electrons. The summed E-state index contributed by atoms with van der Waals surface area (Å²) < 4.78 is 11.9. The lowest BCUT2D eigenvalue weighted by Gasteiger charge is -2.25. The van der Waals surface area contributed by atoms with Crippen molar-refractivity contribution in [3.05, 3.63) is 68.2 Å². The molecule has 1 heterocycles. The maximum atomic E-state index is 12.0. The maximum Gasteiger partial charge on any atom is 0.269 e. The van der Waals surface area contributed by atoms with Gasteiger partial charge in [-0.1, -0.05) is 28.1 Å². The summed E-state index contributed by atoms with van der Waals surface area (Å²) in [5.74, 6) is 0.332. The van der Waals surface area contributed by atoms with Crippen molar-refractivity contribution in [1.82, 2.24) is 10.3 Å². The molecule has 1 fully saturated rings. The Bertz CT molecular complexity index is 931. The van der Waals surface area contributed by atoms with E-state index in [-0.39, 0.29) is 24.7 Å². The molecule has 10 heteroatoms. The van der Waals surface area contributed by atoms with Crippen LogP contribution in [0.15, 0.2) is 52.0 Å². The summed E-state index contributed by atoms with van der Waals surface area (Å²) >= 11 is 3.41. The highest BCUT2D eigenvalue weighted by Gasteiger charge is 2.13. The third kappa shape index (κ3) is 6.61. The molecule has 1 saturated heterocycles. The van der Waals surface area contributed by atoms with E-state index in [4.69, 9.17) is 9.47 Å². The Kier molecular flexibility index (Phi) is 7.89. The molecule has 2 aromatic carbocycles. The van der Waals surface area contributed by atoms with E-state index in [1.54, 1.807) is 24.3 Å². The SMILES string of the molecule is O=C(CN1CCOCC1)NN=Cc1cc(Br)ccc1OCc1cccc([N+](=O)[O-])c1. The van der Waals surface area contributed by atoms with Crippen LogP contribution >= 0.6 is 15.9 Å². The normalized spacial score (nSPS) is 14.6. The number of hydrazone groups is 1. The number of amides is 1. The van der Waals surface area contributed by atoms with Crippen LogP contribution in [0.2, 0.25) is 0 Å². The molecule has 2 aromatic rings. The summed E-state index contributed by atoms with van der Waals surface area (Å²) in [6.07, 6.45) is 1.50. The van der Waals surface area contributed by atoms with Crippen molar-refractivity contribution in [2.45, 2.75) is 6.61 Å². The van der Waals surface area contributed by atoms with E-state index >= 15 is 0 Å². The second-order valence-electron chi connectivity index (χ2n) is 6.58. The number of non-ortho nitro benzene ring substituents is 1. The second kappa shape index (κ2) is 10.8. The average molecular weight is 477 g/mol. The van der Waals surface area contributed by atoms with Crippen molar-refractivity contribution >= 4 is 33.7 Å². The maximum absolute atomic E-state index is 12.0. The highest BCUT2D eigenvalue weighted by Crippen LogP contribution is 2.23. The predicted octanol–water partition coefficient (Wildman–Crippen LogP) is 2.72. The highest BCUT2D eigenvalue weighted by molar-refractivity contribution is 9.10. The first-order valence-corrected chi connectivity index (χ1v) is 10.1. The molecule has 1 aliphatic heterocycles. The van der Waals surface area contributed by atoms with Crippen molar-refractivity contribution in [2.75, 3.05) is 32.8 Å². The van der Waals surface area contributed by atoms with Crippen molar-refractivity contribution in [1.29, 1.82) is 0 Å². The monoisotopic (exact) mass is 476 g/mol. The van der Waals surface area contributed by atoms with Gasteiger partial charge in [-0.2, -0.15) is 5.10 Å². The second-order valence-corrected chi connectivity index (χ2v) is 7.50. The van der Waals surface area contributed by atoms with Crippen molar-refractivity contribution in [2.24, 2.45) is 5.10 Å². The topological polar surface area (TPSA) is 106 Å². The number of benzene rings is 2. The number of carbonyl (C=O) groups is 1. The molecule has 1 aliphatic rings. The Morgan fingerprint density at radius 1 is 1.30 bits per heavy atom. The zero-order valence-corrected chi connectivity index (χ0v) is 17.7. The number of hydrogen-bond acceptors (Lipinski definition) is 7. The molecule has 30 heavy (non-hydrogen) atoms. The summed E-state index contributed by atoms with van der Waals surface area (Å²) in [5.41, 5.74) is 3.86. The van der Waals surface area contributed by atoms with Crippen LogP contribution in [0, 0.1) is 10.1 Å². The number of nitro benzene ring substituents is 1. The number of morpholine rings is 1. The third-order valence-electron chi connectivity index (χ3n) is 4.35. The molecular weight excluding hydrogens is 456 g/mol. The summed E-state index contributed by atoms with van der Waals surface area (Å²) in [4.78, 5) is 24.5. The third-order valence-corrected chi connectivity index (χ3v) is 4.84. The summed E-state index contributed by atoms with van der Waals surface area (Å²) in [7, 11) is 0. The van der Waals surface area contributed by atoms with Gasteiger partial charge in [0.05, 0.1) is 30.9 Å². The lowest BCUT2D eigenvalue weighted by molar-refractivity contribution is -0.384. The van der Waals surface area contributed by atoms with Gasteiger partial charge in [0.25, 0.3) is 11.6 Å². The zero-order valence-electron chi connectivity index (χ0n) is 16.1. The fraction of sp³-hybridized carbons (Fsp3) is 0.300. The average Bonchev–Trinajstić information content (AvgIpc) is 2.74. The van der Waals surface area contributed by atoms with Crippen molar-refractivity contribution < 1.29 is 19.2 Å². The number of nitrogens with one attached hydrogen (secondary N) is 1. The first-order chi connectivity index (χ1) is 14.5.